The van der Waals surface area contributed by atoms with Gasteiger partial charge in [-0.3, -0.25) is 0 Å². The highest BCUT2D eigenvalue weighted by Gasteiger charge is 2.30. The van der Waals surface area contributed by atoms with Crippen molar-refractivity contribution in [2.24, 2.45) is 0 Å². The fraction of sp³-hybridized carbons (Fsp3) is 0.136. The number of aryl methyl sites for hydroxylation is 1. The van der Waals surface area contributed by atoms with E-state index in [0.29, 0.717) is 5.56 Å². The molecule has 3 rings (SSSR count). The standard InChI is InChI=1S/C22H17ClF4N2O3S/c1-13-5-7-17(29-21(30)28-16-4-2-3-15(10-16)22(25,26)27)11-20(13)33(31,32)12-14-6-8-19(24)18(23)9-14/h2-11H,12H2,1H3,(H2,28,29,30). The normalized spacial score (nSPS) is 11.8. The number of hydrogen-bond acceptors (Lipinski definition) is 3. The van der Waals surface area contributed by atoms with Crippen LogP contribution in [0.4, 0.5) is 33.7 Å². The number of alkyl halides is 3. The van der Waals surface area contributed by atoms with Crippen LogP contribution in [0.15, 0.2) is 65.6 Å². The summed E-state index contributed by atoms with van der Waals surface area (Å²) in [5.41, 5.74) is -0.213. The van der Waals surface area contributed by atoms with Gasteiger partial charge >= 0.3 is 12.2 Å². The van der Waals surface area contributed by atoms with E-state index >= 15 is 0 Å². The van der Waals surface area contributed by atoms with Gasteiger partial charge in [0, 0.05) is 11.4 Å². The van der Waals surface area contributed by atoms with Gasteiger partial charge in [0.2, 0.25) is 0 Å². The maximum atomic E-state index is 13.3. The van der Waals surface area contributed by atoms with Crippen molar-refractivity contribution in [2.75, 3.05) is 10.6 Å². The van der Waals surface area contributed by atoms with Crippen molar-refractivity contribution in [1.82, 2.24) is 0 Å². The van der Waals surface area contributed by atoms with Crippen LogP contribution in [-0.2, 0) is 21.8 Å². The Morgan fingerprint density at radius 1 is 0.970 bits per heavy atom. The second-order valence-electron chi connectivity index (χ2n) is 7.15. The topological polar surface area (TPSA) is 75.3 Å². The lowest BCUT2D eigenvalue weighted by Gasteiger charge is -2.13. The molecular formula is C22H17ClF4N2O3S. The molecule has 174 valence electrons. The van der Waals surface area contributed by atoms with Crippen LogP contribution < -0.4 is 10.6 Å². The molecule has 0 bridgehead atoms. The summed E-state index contributed by atoms with van der Waals surface area (Å²) in [5, 5.41) is 4.47. The first-order chi connectivity index (χ1) is 15.3. The Kier molecular flexibility index (Phi) is 6.99. The first kappa shape index (κ1) is 24.5. The first-order valence-corrected chi connectivity index (χ1v) is 11.4. The third kappa shape index (κ3) is 6.23. The Hall–Kier alpha value is -3.11. The number of amides is 2. The first-order valence-electron chi connectivity index (χ1n) is 9.38. The highest BCUT2D eigenvalue weighted by atomic mass is 35.5. The van der Waals surface area contributed by atoms with Crippen LogP contribution in [0.1, 0.15) is 16.7 Å². The highest BCUT2D eigenvalue weighted by Crippen LogP contribution is 2.31. The Morgan fingerprint density at radius 3 is 2.27 bits per heavy atom. The molecule has 0 radical (unpaired) electrons. The number of halogens is 5. The summed E-state index contributed by atoms with van der Waals surface area (Å²) in [4.78, 5) is 12.2. The molecule has 0 aromatic heterocycles. The zero-order chi connectivity index (χ0) is 24.4. The van der Waals surface area contributed by atoms with E-state index in [1.165, 1.54) is 36.4 Å². The number of urea groups is 1. The smallest absolute Gasteiger partial charge is 0.308 e. The number of carbonyl (C=O) groups is 1. The summed E-state index contributed by atoms with van der Waals surface area (Å²) in [7, 11) is -3.89. The van der Waals surface area contributed by atoms with Crippen molar-refractivity contribution in [3.63, 3.8) is 0 Å². The second-order valence-corrected chi connectivity index (χ2v) is 9.51. The van der Waals surface area contributed by atoms with Crippen molar-refractivity contribution in [2.45, 2.75) is 23.7 Å². The molecule has 0 saturated carbocycles. The third-order valence-electron chi connectivity index (χ3n) is 4.57. The molecule has 0 atom stereocenters. The van der Waals surface area contributed by atoms with Crippen molar-refractivity contribution >= 4 is 38.8 Å². The maximum absolute atomic E-state index is 13.3. The van der Waals surface area contributed by atoms with Gasteiger partial charge in [-0.1, -0.05) is 29.8 Å². The van der Waals surface area contributed by atoms with Crippen molar-refractivity contribution in [3.8, 4) is 0 Å². The van der Waals surface area contributed by atoms with E-state index in [2.05, 4.69) is 10.6 Å². The van der Waals surface area contributed by atoms with E-state index < -0.39 is 39.2 Å². The summed E-state index contributed by atoms with van der Waals surface area (Å²) < 4.78 is 77.7. The van der Waals surface area contributed by atoms with Crippen LogP contribution in [0.5, 0.6) is 0 Å². The summed E-state index contributed by atoms with van der Waals surface area (Å²) in [6.45, 7) is 1.57. The number of rotatable bonds is 5. The predicted octanol–water partition coefficient (Wildman–Crippen LogP) is 6.42. The number of nitrogens with one attached hydrogen (secondary N) is 2. The zero-order valence-corrected chi connectivity index (χ0v) is 18.6. The Morgan fingerprint density at radius 2 is 1.64 bits per heavy atom. The Bertz CT molecular complexity index is 1310. The Balaban J connectivity index is 1.78. The minimum Gasteiger partial charge on any atom is -0.308 e. The molecule has 0 aliphatic rings. The summed E-state index contributed by atoms with van der Waals surface area (Å²) in [5.74, 6) is -1.12. The van der Waals surface area contributed by atoms with Gasteiger partial charge in [0.05, 0.1) is 21.2 Å². The summed E-state index contributed by atoms with van der Waals surface area (Å²) >= 11 is 5.72. The monoisotopic (exact) mass is 500 g/mol. The number of hydrogen-bond donors (Lipinski definition) is 2. The Labute approximate surface area is 192 Å². The van der Waals surface area contributed by atoms with Crippen LogP contribution in [0.25, 0.3) is 0 Å². The molecular weight excluding hydrogens is 484 g/mol. The van der Waals surface area contributed by atoms with Gasteiger partial charge in [0.15, 0.2) is 9.84 Å². The van der Waals surface area contributed by atoms with Crippen LogP contribution in [0.3, 0.4) is 0 Å². The molecule has 33 heavy (non-hydrogen) atoms. The fourth-order valence-corrected chi connectivity index (χ4v) is 4.85. The number of sulfone groups is 1. The fourth-order valence-electron chi connectivity index (χ4n) is 3.01. The molecule has 0 spiro atoms. The van der Waals surface area contributed by atoms with Crippen LogP contribution >= 0.6 is 11.6 Å². The van der Waals surface area contributed by atoms with Gasteiger partial charge in [0.25, 0.3) is 0 Å². The highest BCUT2D eigenvalue weighted by molar-refractivity contribution is 7.90. The van der Waals surface area contributed by atoms with Crippen molar-refractivity contribution < 1.29 is 30.8 Å². The van der Waals surface area contributed by atoms with Crippen molar-refractivity contribution in [3.05, 3.63) is 88.2 Å². The molecule has 0 saturated heterocycles. The number of anilines is 2. The van der Waals surface area contributed by atoms with Crippen LogP contribution in [0.2, 0.25) is 5.02 Å². The minimum absolute atomic E-state index is 0.0696. The van der Waals surface area contributed by atoms with Gasteiger partial charge < -0.3 is 10.6 Å². The molecule has 0 fully saturated rings. The molecule has 3 aromatic rings. The van der Waals surface area contributed by atoms with E-state index in [0.717, 1.165) is 24.3 Å². The predicted molar refractivity (Wildman–Crippen MR) is 118 cm³/mol. The van der Waals surface area contributed by atoms with E-state index in [4.69, 9.17) is 11.6 Å². The maximum Gasteiger partial charge on any atom is 0.416 e. The van der Waals surface area contributed by atoms with Gasteiger partial charge in [-0.2, -0.15) is 13.2 Å². The largest absolute Gasteiger partial charge is 0.416 e. The average Bonchev–Trinajstić information content (AvgIpc) is 2.71. The average molecular weight is 501 g/mol. The number of carbonyl (C=O) groups excluding carboxylic acids is 1. The van der Waals surface area contributed by atoms with Gasteiger partial charge in [-0.15, -0.1) is 0 Å². The molecule has 2 N–H and O–H groups in total. The molecule has 0 heterocycles. The van der Waals surface area contributed by atoms with E-state index in [-0.39, 0.29) is 26.9 Å². The van der Waals surface area contributed by atoms with Crippen LogP contribution in [0, 0.1) is 12.7 Å². The summed E-state index contributed by atoms with van der Waals surface area (Å²) in [6.07, 6.45) is -4.57. The lowest BCUT2D eigenvalue weighted by atomic mass is 10.2. The lowest BCUT2D eigenvalue weighted by molar-refractivity contribution is -0.137. The molecule has 3 aromatic carbocycles. The SMILES string of the molecule is Cc1ccc(NC(=O)Nc2cccc(C(F)(F)F)c2)cc1S(=O)(=O)Cc1ccc(F)c(Cl)c1. The van der Waals surface area contributed by atoms with E-state index in [1.807, 2.05) is 0 Å². The van der Waals surface area contributed by atoms with E-state index in [9.17, 15) is 30.8 Å². The molecule has 5 nitrogen and oxygen atoms in total. The molecule has 0 unspecified atom stereocenters. The third-order valence-corrected chi connectivity index (χ3v) is 6.68. The second kappa shape index (κ2) is 9.40. The van der Waals surface area contributed by atoms with Crippen LogP contribution in [-0.4, -0.2) is 14.4 Å². The van der Waals surface area contributed by atoms with Gasteiger partial charge in [-0.25, -0.2) is 17.6 Å². The minimum atomic E-state index is -4.57. The zero-order valence-electron chi connectivity index (χ0n) is 17.0. The summed E-state index contributed by atoms with van der Waals surface area (Å²) in [6, 6.07) is 11.0. The number of benzene rings is 3. The molecule has 0 aliphatic carbocycles. The molecule has 0 aliphatic heterocycles. The van der Waals surface area contributed by atoms with Gasteiger partial charge in [-0.05, 0) is 60.5 Å². The van der Waals surface area contributed by atoms with E-state index in [1.54, 1.807) is 6.92 Å². The molecule has 11 heteroatoms. The lowest BCUT2D eigenvalue weighted by Crippen LogP contribution is -2.20. The molecule has 2 amide bonds. The van der Waals surface area contributed by atoms with Crippen molar-refractivity contribution in [1.29, 1.82) is 0 Å². The van der Waals surface area contributed by atoms with Gasteiger partial charge in [0.1, 0.15) is 5.82 Å². The quantitative estimate of drug-likeness (QED) is 0.397.